The molecule has 1 aliphatic heterocycles. The predicted molar refractivity (Wildman–Crippen MR) is 62.7 cm³/mol. The van der Waals surface area contributed by atoms with Gasteiger partial charge in [0.2, 0.25) is 0 Å². The van der Waals surface area contributed by atoms with Crippen LogP contribution in [0.25, 0.3) is 0 Å². The molecule has 13 heteroatoms. The summed E-state index contributed by atoms with van der Waals surface area (Å²) in [6.45, 7) is 1.42. The molecule has 1 unspecified atom stereocenters. The van der Waals surface area contributed by atoms with Crippen LogP contribution in [-0.4, -0.2) is 69.4 Å². The first-order valence-electron chi connectivity index (χ1n) is 6.29. The van der Waals surface area contributed by atoms with Crippen LogP contribution in [0.15, 0.2) is 0 Å². The molecular formula is C10H13F9N2OS. The molecule has 0 saturated carbocycles. The van der Waals surface area contributed by atoms with Crippen LogP contribution in [0.3, 0.4) is 0 Å². The zero-order chi connectivity index (χ0) is 18.3. The molecule has 1 saturated heterocycles. The molecule has 0 N–H and O–H groups in total. The van der Waals surface area contributed by atoms with Gasteiger partial charge in [0.25, 0.3) is 0 Å². The van der Waals surface area contributed by atoms with E-state index in [-0.39, 0.29) is 17.4 Å². The SMILES string of the molecule is CCN1CCN(S(=O)C(F)(F)C(F)(F)C(F)(F)C(F)(F)F)CC1. The van der Waals surface area contributed by atoms with Crippen LogP contribution in [0, 0.1) is 0 Å². The maximum Gasteiger partial charge on any atom is 0.460 e. The summed E-state index contributed by atoms with van der Waals surface area (Å²) in [4.78, 5) is 1.67. The first-order valence-corrected chi connectivity index (χ1v) is 7.40. The number of hydrogen-bond acceptors (Lipinski definition) is 2. The Labute approximate surface area is 128 Å². The lowest BCUT2D eigenvalue weighted by molar-refractivity contribution is -0.382. The van der Waals surface area contributed by atoms with Crippen molar-refractivity contribution in [3.8, 4) is 0 Å². The Kier molecular flexibility index (Phi) is 5.69. The normalized spacial score (nSPS) is 21.5. The fraction of sp³-hybridized carbons (Fsp3) is 1.00. The van der Waals surface area contributed by atoms with Crippen LogP contribution in [0.2, 0.25) is 0 Å². The van der Waals surface area contributed by atoms with E-state index in [1.165, 1.54) is 0 Å². The highest BCUT2D eigenvalue weighted by molar-refractivity contribution is 7.83. The number of halogens is 9. The molecular weight excluding hydrogens is 367 g/mol. The highest BCUT2D eigenvalue weighted by atomic mass is 32.2. The highest BCUT2D eigenvalue weighted by Gasteiger charge is 2.84. The Morgan fingerprint density at radius 2 is 1.26 bits per heavy atom. The second-order valence-corrected chi connectivity index (χ2v) is 6.30. The monoisotopic (exact) mass is 380 g/mol. The van der Waals surface area contributed by atoms with E-state index in [0.29, 0.717) is 6.54 Å². The molecule has 0 aromatic rings. The highest BCUT2D eigenvalue weighted by Crippen LogP contribution is 2.54. The summed E-state index contributed by atoms with van der Waals surface area (Å²) in [5, 5.41) is -6.08. The van der Waals surface area contributed by atoms with Crippen molar-refractivity contribution in [2.45, 2.75) is 30.2 Å². The summed E-state index contributed by atoms with van der Waals surface area (Å²) in [7, 11) is -4.04. The molecule has 0 bridgehead atoms. The van der Waals surface area contributed by atoms with Gasteiger partial charge < -0.3 is 4.90 Å². The molecule has 23 heavy (non-hydrogen) atoms. The third kappa shape index (κ3) is 3.45. The van der Waals surface area contributed by atoms with Gasteiger partial charge in [-0.15, -0.1) is 0 Å². The Hall–Kier alpha value is -0.560. The lowest BCUT2D eigenvalue weighted by atomic mass is 10.1. The van der Waals surface area contributed by atoms with Crippen molar-refractivity contribution in [2.75, 3.05) is 32.7 Å². The van der Waals surface area contributed by atoms with Gasteiger partial charge >= 0.3 is 23.3 Å². The van der Waals surface area contributed by atoms with Gasteiger partial charge in [-0.3, -0.25) is 0 Å². The van der Waals surface area contributed by atoms with E-state index in [4.69, 9.17) is 0 Å². The van der Waals surface area contributed by atoms with Gasteiger partial charge in [-0.25, -0.2) is 8.51 Å². The van der Waals surface area contributed by atoms with Crippen molar-refractivity contribution < 1.29 is 43.7 Å². The fourth-order valence-electron chi connectivity index (χ4n) is 1.84. The van der Waals surface area contributed by atoms with E-state index in [1.807, 2.05) is 0 Å². The second kappa shape index (κ2) is 6.39. The summed E-state index contributed by atoms with van der Waals surface area (Å²) < 4.78 is 127. The van der Waals surface area contributed by atoms with Gasteiger partial charge in [0.05, 0.1) is 0 Å². The Balaban J connectivity index is 3.03. The Morgan fingerprint density at radius 3 is 1.61 bits per heavy atom. The van der Waals surface area contributed by atoms with E-state index >= 15 is 0 Å². The second-order valence-electron chi connectivity index (χ2n) is 4.78. The van der Waals surface area contributed by atoms with Crippen molar-refractivity contribution in [3.05, 3.63) is 0 Å². The minimum atomic E-state index is -7.02. The number of piperazine rings is 1. The summed E-state index contributed by atoms with van der Waals surface area (Å²) in [5.74, 6) is -13.9. The first-order chi connectivity index (χ1) is 10.2. The molecule has 1 heterocycles. The first kappa shape index (κ1) is 20.5. The number of rotatable bonds is 5. The average molecular weight is 380 g/mol. The maximum atomic E-state index is 13.5. The predicted octanol–water partition coefficient (Wildman–Crippen LogP) is 2.71. The minimum Gasteiger partial charge on any atom is -0.301 e. The van der Waals surface area contributed by atoms with E-state index in [1.54, 1.807) is 11.8 Å². The summed E-state index contributed by atoms with van der Waals surface area (Å²) in [6, 6.07) is 0. The van der Waals surface area contributed by atoms with Crippen LogP contribution < -0.4 is 0 Å². The fourth-order valence-corrected chi connectivity index (χ4v) is 3.01. The number of alkyl halides is 9. The Bertz CT molecular complexity index is 446. The van der Waals surface area contributed by atoms with Crippen molar-refractivity contribution >= 4 is 11.0 Å². The van der Waals surface area contributed by atoms with Gasteiger partial charge in [-0.2, -0.15) is 39.5 Å². The van der Waals surface area contributed by atoms with Crippen molar-refractivity contribution in [1.82, 2.24) is 9.21 Å². The van der Waals surface area contributed by atoms with Gasteiger partial charge in [-0.1, -0.05) is 6.92 Å². The van der Waals surface area contributed by atoms with Gasteiger partial charge in [0.15, 0.2) is 11.0 Å². The van der Waals surface area contributed by atoms with Crippen LogP contribution in [0.5, 0.6) is 0 Å². The molecule has 1 rings (SSSR count). The molecule has 138 valence electrons. The molecule has 1 atom stereocenters. The number of nitrogens with zero attached hydrogens (tertiary/aromatic N) is 2. The lowest BCUT2D eigenvalue weighted by Crippen LogP contribution is -2.64. The molecule has 1 fully saturated rings. The maximum absolute atomic E-state index is 13.5. The van der Waals surface area contributed by atoms with Crippen LogP contribution >= 0.6 is 0 Å². The van der Waals surface area contributed by atoms with E-state index < -0.39 is 47.4 Å². The molecule has 3 nitrogen and oxygen atoms in total. The molecule has 1 aliphatic rings. The summed E-state index contributed by atoms with van der Waals surface area (Å²) >= 11 is 0. The molecule has 0 aromatic carbocycles. The van der Waals surface area contributed by atoms with Crippen LogP contribution in [0.4, 0.5) is 39.5 Å². The van der Waals surface area contributed by atoms with Gasteiger partial charge in [-0.05, 0) is 6.54 Å². The van der Waals surface area contributed by atoms with Crippen molar-refractivity contribution in [3.63, 3.8) is 0 Å². The summed E-state index contributed by atoms with van der Waals surface area (Å²) in [5.41, 5.74) is 0. The smallest absolute Gasteiger partial charge is 0.301 e. The standard InChI is InChI=1S/C10H13F9N2OS/c1-2-20-3-5-21(6-4-20)23(22)10(18,19)8(13,14)7(11,12)9(15,16)17/h2-6H2,1H3. The summed E-state index contributed by atoms with van der Waals surface area (Å²) in [6.07, 6.45) is -6.91. The molecule has 0 radical (unpaired) electrons. The quantitative estimate of drug-likeness (QED) is 0.685. The molecule has 0 aliphatic carbocycles. The van der Waals surface area contributed by atoms with Crippen molar-refractivity contribution in [1.29, 1.82) is 0 Å². The van der Waals surface area contributed by atoms with Gasteiger partial charge in [0.1, 0.15) is 0 Å². The third-order valence-electron chi connectivity index (χ3n) is 3.35. The topological polar surface area (TPSA) is 23.6 Å². The third-order valence-corrected chi connectivity index (χ3v) is 4.88. The van der Waals surface area contributed by atoms with E-state index in [9.17, 15) is 43.7 Å². The zero-order valence-electron chi connectivity index (χ0n) is 11.6. The molecule has 0 aromatic heterocycles. The molecule has 0 spiro atoms. The van der Waals surface area contributed by atoms with E-state index in [2.05, 4.69) is 0 Å². The van der Waals surface area contributed by atoms with Gasteiger partial charge in [0, 0.05) is 26.2 Å². The zero-order valence-corrected chi connectivity index (χ0v) is 12.5. The minimum absolute atomic E-state index is 0.0412. The number of hydrogen-bond donors (Lipinski definition) is 0. The average Bonchev–Trinajstić information content (AvgIpc) is 2.44. The van der Waals surface area contributed by atoms with E-state index in [0.717, 1.165) is 0 Å². The number of likely N-dealkylation sites (N-methyl/N-ethyl adjacent to an activating group) is 1. The van der Waals surface area contributed by atoms with Crippen LogP contribution in [-0.2, 0) is 11.0 Å². The molecule has 0 amide bonds. The largest absolute Gasteiger partial charge is 0.460 e. The Morgan fingerprint density at radius 1 is 0.826 bits per heavy atom. The lowest BCUT2D eigenvalue weighted by Gasteiger charge is -2.38. The van der Waals surface area contributed by atoms with Crippen molar-refractivity contribution in [2.24, 2.45) is 0 Å². The van der Waals surface area contributed by atoms with Crippen LogP contribution in [0.1, 0.15) is 6.92 Å².